The Morgan fingerprint density at radius 1 is 1.30 bits per heavy atom. The Morgan fingerprint density at radius 2 is 2.05 bits per heavy atom. The molecule has 0 aromatic heterocycles. The van der Waals surface area contributed by atoms with Gasteiger partial charge in [-0.15, -0.1) is 0 Å². The highest BCUT2D eigenvalue weighted by Gasteiger charge is 2.19. The quantitative estimate of drug-likeness (QED) is 0.864. The SMILES string of the molecule is COc1ccc(CN(CC2CCCNC2)C(C)C)cc1. The highest BCUT2D eigenvalue weighted by Crippen LogP contribution is 2.18. The van der Waals surface area contributed by atoms with Crippen LogP contribution in [0.25, 0.3) is 0 Å². The van der Waals surface area contributed by atoms with Crippen LogP contribution in [-0.2, 0) is 6.54 Å². The molecule has 0 bridgehead atoms. The van der Waals surface area contributed by atoms with Crippen molar-refractivity contribution in [3.8, 4) is 5.75 Å². The summed E-state index contributed by atoms with van der Waals surface area (Å²) in [5.41, 5.74) is 1.36. The highest BCUT2D eigenvalue weighted by atomic mass is 16.5. The van der Waals surface area contributed by atoms with Crippen molar-refractivity contribution < 1.29 is 4.74 Å². The second-order valence-electron chi connectivity index (χ2n) is 6.08. The minimum Gasteiger partial charge on any atom is -0.497 e. The molecule has 3 nitrogen and oxygen atoms in total. The molecule has 112 valence electrons. The minimum atomic E-state index is 0.582. The molecule has 0 radical (unpaired) electrons. The first kappa shape index (κ1) is 15.3. The standard InChI is InChI=1S/C17H28N2O/c1-14(2)19(13-16-5-4-10-18-11-16)12-15-6-8-17(20-3)9-7-15/h6-9,14,16,18H,4-5,10-13H2,1-3H3. The molecule has 1 N–H and O–H groups in total. The first-order valence-corrected chi connectivity index (χ1v) is 7.76. The summed E-state index contributed by atoms with van der Waals surface area (Å²) in [7, 11) is 1.71. The number of nitrogens with zero attached hydrogens (tertiary/aromatic N) is 1. The monoisotopic (exact) mass is 276 g/mol. The smallest absolute Gasteiger partial charge is 0.118 e. The van der Waals surface area contributed by atoms with Gasteiger partial charge in [0.1, 0.15) is 5.75 Å². The first-order valence-electron chi connectivity index (χ1n) is 7.76. The van der Waals surface area contributed by atoms with Crippen LogP contribution in [-0.4, -0.2) is 37.7 Å². The summed E-state index contributed by atoms with van der Waals surface area (Å²) in [6.07, 6.45) is 2.68. The minimum absolute atomic E-state index is 0.582. The summed E-state index contributed by atoms with van der Waals surface area (Å²) < 4.78 is 5.22. The van der Waals surface area contributed by atoms with E-state index in [0.717, 1.165) is 18.2 Å². The van der Waals surface area contributed by atoms with Crippen molar-refractivity contribution >= 4 is 0 Å². The van der Waals surface area contributed by atoms with E-state index in [1.807, 2.05) is 0 Å². The van der Waals surface area contributed by atoms with Gasteiger partial charge in [0.05, 0.1) is 7.11 Å². The van der Waals surface area contributed by atoms with Crippen molar-refractivity contribution in [3.05, 3.63) is 29.8 Å². The van der Waals surface area contributed by atoms with Gasteiger partial charge in [0.2, 0.25) is 0 Å². The molecule has 0 aliphatic carbocycles. The Hall–Kier alpha value is -1.06. The van der Waals surface area contributed by atoms with Crippen molar-refractivity contribution in [2.24, 2.45) is 5.92 Å². The number of ether oxygens (including phenoxy) is 1. The second kappa shape index (κ2) is 7.65. The average molecular weight is 276 g/mol. The van der Waals surface area contributed by atoms with E-state index < -0.39 is 0 Å². The molecule has 20 heavy (non-hydrogen) atoms. The van der Waals surface area contributed by atoms with Crippen LogP contribution in [0.1, 0.15) is 32.3 Å². The van der Waals surface area contributed by atoms with Crippen molar-refractivity contribution in [1.29, 1.82) is 0 Å². The van der Waals surface area contributed by atoms with E-state index in [2.05, 4.69) is 48.3 Å². The zero-order chi connectivity index (χ0) is 14.4. The van der Waals surface area contributed by atoms with Crippen molar-refractivity contribution in [1.82, 2.24) is 10.2 Å². The number of hydrogen-bond donors (Lipinski definition) is 1. The van der Waals surface area contributed by atoms with E-state index in [9.17, 15) is 0 Å². The number of benzene rings is 1. The normalized spacial score (nSPS) is 19.6. The lowest BCUT2D eigenvalue weighted by atomic mass is 9.98. The molecule has 2 rings (SSSR count). The maximum Gasteiger partial charge on any atom is 0.118 e. The molecule has 3 heteroatoms. The zero-order valence-corrected chi connectivity index (χ0v) is 13.1. The van der Waals surface area contributed by atoms with Gasteiger partial charge in [-0.25, -0.2) is 0 Å². The summed E-state index contributed by atoms with van der Waals surface area (Å²) >= 11 is 0. The fraction of sp³-hybridized carbons (Fsp3) is 0.647. The van der Waals surface area contributed by atoms with Gasteiger partial charge in [-0.2, -0.15) is 0 Å². The van der Waals surface area contributed by atoms with Crippen LogP contribution in [0.4, 0.5) is 0 Å². The topological polar surface area (TPSA) is 24.5 Å². The molecule has 1 aliphatic heterocycles. The Balaban J connectivity index is 1.93. The fourth-order valence-corrected chi connectivity index (χ4v) is 2.83. The molecule has 1 unspecified atom stereocenters. The Labute approximate surface area is 123 Å². The number of piperidine rings is 1. The van der Waals surface area contributed by atoms with E-state index in [1.165, 1.54) is 38.0 Å². The van der Waals surface area contributed by atoms with Crippen molar-refractivity contribution in [2.75, 3.05) is 26.7 Å². The van der Waals surface area contributed by atoms with Crippen LogP contribution in [0.3, 0.4) is 0 Å². The molecule has 0 saturated carbocycles. The molecule has 1 aromatic rings. The lowest BCUT2D eigenvalue weighted by molar-refractivity contribution is 0.164. The summed E-state index contributed by atoms with van der Waals surface area (Å²) in [6.45, 7) is 9.16. The van der Waals surface area contributed by atoms with Gasteiger partial charge < -0.3 is 10.1 Å². The Kier molecular flexibility index (Phi) is 5.86. The number of nitrogens with one attached hydrogen (secondary N) is 1. The number of rotatable bonds is 6. The second-order valence-corrected chi connectivity index (χ2v) is 6.08. The van der Waals surface area contributed by atoms with Crippen LogP contribution < -0.4 is 10.1 Å². The highest BCUT2D eigenvalue weighted by molar-refractivity contribution is 5.27. The van der Waals surface area contributed by atoms with Crippen LogP contribution in [0.2, 0.25) is 0 Å². The molecule has 1 aromatic carbocycles. The fourth-order valence-electron chi connectivity index (χ4n) is 2.83. The molecular weight excluding hydrogens is 248 g/mol. The van der Waals surface area contributed by atoms with Gasteiger partial charge in [-0.05, 0) is 63.4 Å². The van der Waals surface area contributed by atoms with E-state index in [1.54, 1.807) is 7.11 Å². The predicted octanol–water partition coefficient (Wildman–Crippen LogP) is 2.91. The van der Waals surface area contributed by atoms with Crippen LogP contribution in [0.5, 0.6) is 5.75 Å². The third kappa shape index (κ3) is 4.50. The summed E-state index contributed by atoms with van der Waals surface area (Å²) in [5, 5.41) is 3.51. The number of methoxy groups -OCH3 is 1. The molecular formula is C17H28N2O. The lowest BCUT2D eigenvalue weighted by Gasteiger charge is -2.32. The van der Waals surface area contributed by atoms with Crippen molar-refractivity contribution in [3.63, 3.8) is 0 Å². The van der Waals surface area contributed by atoms with Crippen LogP contribution in [0, 0.1) is 5.92 Å². The average Bonchev–Trinajstić information content (AvgIpc) is 2.48. The first-order chi connectivity index (χ1) is 9.69. The molecule has 0 amide bonds. The molecule has 1 heterocycles. The van der Waals surface area contributed by atoms with Gasteiger partial charge in [-0.1, -0.05) is 12.1 Å². The van der Waals surface area contributed by atoms with Gasteiger partial charge in [0.15, 0.2) is 0 Å². The van der Waals surface area contributed by atoms with Crippen LogP contribution in [0.15, 0.2) is 24.3 Å². The molecule has 1 saturated heterocycles. The molecule has 1 fully saturated rings. The molecule has 1 atom stereocenters. The largest absolute Gasteiger partial charge is 0.497 e. The Bertz CT molecular complexity index is 382. The molecule has 1 aliphatic rings. The zero-order valence-electron chi connectivity index (χ0n) is 13.1. The third-order valence-corrected chi connectivity index (χ3v) is 4.17. The predicted molar refractivity (Wildman–Crippen MR) is 84.1 cm³/mol. The summed E-state index contributed by atoms with van der Waals surface area (Å²) in [4.78, 5) is 2.58. The van der Waals surface area contributed by atoms with Gasteiger partial charge in [-0.3, -0.25) is 4.90 Å². The van der Waals surface area contributed by atoms with E-state index in [4.69, 9.17) is 4.74 Å². The maximum atomic E-state index is 5.22. The van der Waals surface area contributed by atoms with Gasteiger partial charge >= 0.3 is 0 Å². The van der Waals surface area contributed by atoms with Crippen LogP contribution >= 0.6 is 0 Å². The maximum absolute atomic E-state index is 5.22. The lowest BCUT2D eigenvalue weighted by Crippen LogP contribution is -2.40. The van der Waals surface area contributed by atoms with E-state index in [-0.39, 0.29) is 0 Å². The van der Waals surface area contributed by atoms with Gasteiger partial charge in [0.25, 0.3) is 0 Å². The third-order valence-electron chi connectivity index (χ3n) is 4.17. The van der Waals surface area contributed by atoms with Gasteiger partial charge in [0, 0.05) is 19.1 Å². The summed E-state index contributed by atoms with van der Waals surface area (Å²) in [5.74, 6) is 1.73. The summed E-state index contributed by atoms with van der Waals surface area (Å²) in [6, 6.07) is 9.03. The van der Waals surface area contributed by atoms with Crippen molar-refractivity contribution in [2.45, 2.75) is 39.3 Å². The van der Waals surface area contributed by atoms with E-state index >= 15 is 0 Å². The number of hydrogen-bond acceptors (Lipinski definition) is 3. The van der Waals surface area contributed by atoms with E-state index in [0.29, 0.717) is 6.04 Å². The Morgan fingerprint density at radius 3 is 2.60 bits per heavy atom. The molecule has 0 spiro atoms.